The van der Waals surface area contributed by atoms with Gasteiger partial charge in [0, 0.05) is 49.3 Å². The molecule has 28 heavy (non-hydrogen) atoms. The van der Waals surface area contributed by atoms with Gasteiger partial charge in [-0.3, -0.25) is 9.69 Å². The van der Waals surface area contributed by atoms with Crippen molar-refractivity contribution in [3.63, 3.8) is 0 Å². The van der Waals surface area contributed by atoms with E-state index in [2.05, 4.69) is 41.6 Å². The molecule has 2 saturated heterocycles. The van der Waals surface area contributed by atoms with E-state index in [1.54, 1.807) is 12.1 Å². The summed E-state index contributed by atoms with van der Waals surface area (Å²) >= 11 is 3.44. The number of amides is 1. The molecule has 8 heteroatoms. The molecule has 2 aliphatic heterocycles. The maximum atomic E-state index is 13.2. The van der Waals surface area contributed by atoms with E-state index in [-0.39, 0.29) is 16.3 Å². The molecule has 0 aliphatic carbocycles. The third-order valence-corrected chi connectivity index (χ3v) is 8.19. The number of rotatable bonds is 3. The molecule has 2 heterocycles. The summed E-state index contributed by atoms with van der Waals surface area (Å²) in [7, 11) is -3.54. The van der Waals surface area contributed by atoms with Crippen LogP contribution in [0.25, 0.3) is 0 Å². The van der Waals surface area contributed by atoms with Crippen LogP contribution in [0, 0.1) is 0 Å². The van der Waals surface area contributed by atoms with Gasteiger partial charge in [0.25, 0.3) is 5.91 Å². The van der Waals surface area contributed by atoms with Crippen molar-refractivity contribution in [2.75, 3.05) is 39.3 Å². The van der Waals surface area contributed by atoms with E-state index in [0.717, 1.165) is 32.4 Å². The fraction of sp³-hybridized carbons (Fsp3) is 0.650. The minimum atomic E-state index is -3.54. The lowest BCUT2D eigenvalue weighted by molar-refractivity contribution is 0.0748. The number of carbonyl (C=O) groups excluding carboxylic acids is 1. The highest BCUT2D eigenvalue weighted by molar-refractivity contribution is 9.10. The average molecular weight is 472 g/mol. The van der Waals surface area contributed by atoms with Crippen LogP contribution in [0.1, 0.15) is 50.4 Å². The van der Waals surface area contributed by atoms with E-state index in [4.69, 9.17) is 0 Å². The van der Waals surface area contributed by atoms with Gasteiger partial charge in [-0.25, -0.2) is 8.42 Å². The van der Waals surface area contributed by atoms with Gasteiger partial charge >= 0.3 is 0 Å². The highest BCUT2D eigenvalue weighted by Gasteiger charge is 2.30. The predicted octanol–water partition coefficient (Wildman–Crippen LogP) is 3.18. The number of carbonyl (C=O) groups is 1. The lowest BCUT2D eigenvalue weighted by atomic mass is 10.1. The molecule has 0 bridgehead atoms. The first-order valence-corrected chi connectivity index (χ1v) is 12.2. The first kappa shape index (κ1) is 21.7. The summed E-state index contributed by atoms with van der Waals surface area (Å²) in [5.41, 5.74) is 0.494. The van der Waals surface area contributed by atoms with Gasteiger partial charge in [-0.05, 0) is 74.2 Å². The van der Waals surface area contributed by atoms with Crippen LogP contribution < -0.4 is 0 Å². The van der Waals surface area contributed by atoms with E-state index in [1.165, 1.54) is 10.4 Å². The molecule has 0 spiro atoms. The van der Waals surface area contributed by atoms with Crippen molar-refractivity contribution < 1.29 is 13.2 Å². The summed E-state index contributed by atoms with van der Waals surface area (Å²) in [4.78, 5) is 17.6. The Kier molecular flexibility index (Phi) is 6.54. The number of hydrogen-bond donors (Lipinski definition) is 0. The van der Waals surface area contributed by atoms with Gasteiger partial charge in [0.05, 0.1) is 10.5 Å². The Bertz CT molecular complexity index is 830. The fourth-order valence-electron chi connectivity index (χ4n) is 3.87. The van der Waals surface area contributed by atoms with Gasteiger partial charge in [0.2, 0.25) is 10.0 Å². The summed E-state index contributed by atoms with van der Waals surface area (Å²) in [6.45, 7) is 10.8. The largest absolute Gasteiger partial charge is 0.337 e. The summed E-state index contributed by atoms with van der Waals surface area (Å²) in [6.07, 6.45) is 2.69. The minimum absolute atomic E-state index is 0.0728. The Morgan fingerprint density at radius 1 is 0.964 bits per heavy atom. The molecule has 1 aromatic rings. The first-order valence-electron chi connectivity index (χ1n) is 9.95. The summed E-state index contributed by atoms with van der Waals surface area (Å²) < 4.78 is 27.9. The Morgan fingerprint density at radius 3 is 2.29 bits per heavy atom. The molecule has 3 rings (SSSR count). The van der Waals surface area contributed by atoms with Crippen LogP contribution in [-0.2, 0) is 10.0 Å². The van der Waals surface area contributed by atoms with Crippen molar-refractivity contribution in [1.82, 2.24) is 14.1 Å². The summed E-state index contributed by atoms with van der Waals surface area (Å²) in [5.74, 6) is -0.110. The third-order valence-electron chi connectivity index (χ3n) is 5.60. The molecule has 156 valence electrons. The summed E-state index contributed by atoms with van der Waals surface area (Å²) in [5, 5.41) is 0. The molecule has 0 aromatic heterocycles. The number of halogens is 1. The van der Waals surface area contributed by atoms with Crippen LogP contribution >= 0.6 is 15.9 Å². The Hall–Kier alpha value is -0.960. The van der Waals surface area contributed by atoms with Crippen molar-refractivity contribution in [2.45, 2.75) is 50.5 Å². The Labute approximate surface area is 177 Å². The van der Waals surface area contributed by atoms with Crippen molar-refractivity contribution in [2.24, 2.45) is 0 Å². The molecule has 1 amide bonds. The maximum Gasteiger partial charge on any atom is 0.255 e. The standard InChI is InChI=1S/C20H30BrN3O3S/c1-20(2,3)23-10-6-9-22(13-14-23)19(25)17-15-16(7-8-18(17)21)28(26,27)24-11-4-5-12-24/h7-8,15H,4-6,9-14H2,1-3H3. The van der Waals surface area contributed by atoms with Gasteiger partial charge in [-0.1, -0.05) is 0 Å². The normalized spacial score (nSPS) is 20.4. The minimum Gasteiger partial charge on any atom is -0.337 e. The lowest BCUT2D eigenvalue weighted by Gasteiger charge is -2.34. The van der Waals surface area contributed by atoms with Crippen LogP contribution in [0.4, 0.5) is 0 Å². The SMILES string of the molecule is CC(C)(C)N1CCCN(C(=O)c2cc(S(=O)(=O)N3CCCC3)ccc2Br)CC1. The van der Waals surface area contributed by atoms with Gasteiger partial charge in [-0.2, -0.15) is 4.31 Å². The van der Waals surface area contributed by atoms with Gasteiger partial charge in [0.15, 0.2) is 0 Å². The zero-order chi connectivity index (χ0) is 20.5. The number of benzene rings is 1. The quantitative estimate of drug-likeness (QED) is 0.678. The van der Waals surface area contributed by atoms with E-state index in [9.17, 15) is 13.2 Å². The van der Waals surface area contributed by atoms with Crippen molar-refractivity contribution in [3.05, 3.63) is 28.2 Å². The molecular formula is C20H30BrN3O3S. The van der Waals surface area contributed by atoms with Crippen molar-refractivity contribution >= 4 is 31.9 Å². The molecule has 2 aliphatic rings. The second kappa shape index (κ2) is 8.42. The zero-order valence-electron chi connectivity index (χ0n) is 16.9. The smallest absolute Gasteiger partial charge is 0.255 e. The number of nitrogens with zero attached hydrogens (tertiary/aromatic N) is 3. The number of hydrogen-bond acceptors (Lipinski definition) is 4. The van der Waals surface area contributed by atoms with Gasteiger partial charge in [-0.15, -0.1) is 0 Å². The van der Waals surface area contributed by atoms with E-state index < -0.39 is 10.0 Å². The van der Waals surface area contributed by atoms with Crippen molar-refractivity contribution in [3.8, 4) is 0 Å². The molecule has 0 saturated carbocycles. The third kappa shape index (κ3) is 4.61. The molecule has 2 fully saturated rings. The first-order chi connectivity index (χ1) is 13.1. The Balaban J connectivity index is 1.82. The summed E-state index contributed by atoms with van der Waals surface area (Å²) in [6, 6.07) is 4.79. The lowest BCUT2D eigenvalue weighted by Crippen LogP contribution is -2.44. The average Bonchev–Trinajstić information content (AvgIpc) is 3.05. The second-order valence-corrected chi connectivity index (χ2v) is 11.3. The predicted molar refractivity (Wildman–Crippen MR) is 114 cm³/mol. The van der Waals surface area contributed by atoms with Gasteiger partial charge < -0.3 is 4.90 Å². The monoisotopic (exact) mass is 471 g/mol. The van der Waals surface area contributed by atoms with Crippen LogP contribution in [0.15, 0.2) is 27.6 Å². The van der Waals surface area contributed by atoms with Crippen LogP contribution in [0.3, 0.4) is 0 Å². The van der Waals surface area contributed by atoms with Crippen molar-refractivity contribution in [1.29, 1.82) is 0 Å². The van der Waals surface area contributed by atoms with E-state index in [1.807, 2.05) is 4.90 Å². The van der Waals surface area contributed by atoms with E-state index in [0.29, 0.717) is 36.2 Å². The maximum absolute atomic E-state index is 13.2. The molecule has 0 N–H and O–H groups in total. The van der Waals surface area contributed by atoms with E-state index >= 15 is 0 Å². The molecular weight excluding hydrogens is 442 g/mol. The molecule has 1 aromatic carbocycles. The Morgan fingerprint density at radius 2 is 1.64 bits per heavy atom. The molecule has 0 unspecified atom stereocenters. The molecule has 0 atom stereocenters. The highest BCUT2D eigenvalue weighted by atomic mass is 79.9. The molecule has 6 nitrogen and oxygen atoms in total. The fourth-order valence-corrected chi connectivity index (χ4v) is 5.83. The molecule has 0 radical (unpaired) electrons. The second-order valence-electron chi connectivity index (χ2n) is 8.56. The van der Waals surface area contributed by atoms with Gasteiger partial charge in [0.1, 0.15) is 0 Å². The zero-order valence-corrected chi connectivity index (χ0v) is 19.4. The van der Waals surface area contributed by atoms with Crippen LogP contribution in [0.2, 0.25) is 0 Å². The number of sulfonamides is 1. The van der Waals surface area contributed by atoms with Crippen LogP contribution in [0.5, 0.6) is 0 Å². The topological polar surface area (TPSA) is 60.9 Å². The highest BCUT2D eigenvalue weighted by Crippen LogP contribution is 2.27. The van der Waals surface area contributed by atoms with Crippen LogP contribution in [-0.4, -0.2) is 73.2 Å².